The SMILES string of the molecule is CC(C)Oc1cc(C(=O)Nc2nc(CC(=O)O)cs2)cc(Oc2ccc(C(=O)N3CCN(C)CC3)cn2)n1. The largest absolute Gasteiger partial charge is 0.481 e. The van der Waals surface area contributed by atoms with E-state index in [0.717, 1.165) is 24.4 Å². The number of likely N-dealkylation sites (N-methyl/N-ethyl adjacent to an activating group) is 1. The molecule has 3 aromatic heterocycles. The van der Waals surface area contributed by atoms with Gasteiger partial charge in [-0.05, 0) is 27.0 Å². The van der Waals surface area contributed by atoms with Crippen molar-refractivity contribution < 1.29 is 29.0 Å². The summed E-state index contributed by atoms with van der Waals surface area (Å²) in [6, 6.07) is 6.11. The average molecular weight is 541 g/mol. The number of ether oxygens (including phenoxy) is 2. The molecule has 13 heteroatoms. The summed E-state index contributed by atoms with van der Waals surface area (Å²) in [5.41, 5.74) is 1.00. The summed E-state index contributed by atoms with van der Waals surface area (Å²) in [5, 5.41) is 13.4. The molecular formula is C25H28N6O6S. The van der Waals surface area contributed by atoms with Crippen LogP contribution < -0.4 is 14.8 Å². The zero-order valence-electron chi connectivity index (χ0n) is 21.2. The number of hydrogen-bond acceptors (Lipinski definition) is 10. The number of carbonyl (C=O) groups excluding carboxylic acids is 2. The fourth-order valence-corrected chi connectivity index (χ4v) is 4.31. The van der Waals surface area contributed by atoms with Crippen LogP contribution in [0.25, 0.3) is 0 Å². The van der Waals surface area contributed by atoms with Crippen molar-refractivity contribution in [1.29, 1.82) is 0 Å². The molecule has 0 atom stereocenters. The van der Waals surface area contributed by atoms with E-state index in [4.69, 9.17) is 14.6 Å². The Hall–Kier alpha value is -4.10. The summed E-state index contributed by atoms with van der Waals surface area (Å²) in [6.45, 7) is 6.61. The minimum Gasteiger partial charge on any atom is -0.481 e. The summed E-state index contributed by atoms with van der Waals surface area (Å²) in [4.78, 5) is 53.2. The van der Waals surface area contributed by atoms with Gasteiger partial charge in [-0.1, -0.05) is 0 Å². The van der Waals surface area contributed by atoms with Gasteiger partial charge in [0.15, 0.2) is 5.13 Å². The molecule has 0 spiro atoms. The highest BCUT2D eigenvalue weighted by molar-refractivity contribution is 7.14. The van der Waals surface area contributed by atoms with Crippen molar-refractivity contribution in [3.05, 3.63) is 52.7 Å². The van der Waals surface area contributed by atoms with E-state index in [2.05, 4.69) is 25.2 Å². The second-order valence-electron chi connectivity index (χ2n) is 8.95. The van der Waals surface area contributed by atoms with Gasteiger partial charge in [0.2, 0.25) is 17.6 Å². The number of carboxylic acid groups (broad SMARTS) is 1. The van der Waals surface area contributed by atoms with Gasteiger partial charge in [0.05, 0.1) is 29.3 Å². The molecule has 0 radical (unpaired) electrons. The van der Waals surface area contributed by atoms with Crippen LogP contribution in [-0.4, -0.2) is 87.0 Å². The van der Waals surface area contributed by atoms with Gasteiger partial charge in [-0.25, -0.2) is 9.97 Å². The topological polar surface area (TPSA) is 147 Å². The lowest BCUT2D eigenvalue weighted by Crippen LogP contribution is -2.47. The third-order valence-electron chi connectivity index (χ3n) is 5.48. The lowest BCUT2D eigenvalue weighted by Gasteiger charge is -2.32. The minimum atomic E-state index is -1.01. The number of nitrogens with zero attached hydrogens (tertiary/aromatic N) is 5. The molecule has 12 nitrogen and oxygen atoms in total. The number of thiazole rings is 1. The second kappa shape index (κ2) is 12.0. The lowest BCUT2D eigenvalue weighted by atomic mass is 10.2. The molecule has 1 fully saturated rings. The molecule has 0 aromatic carbocycles. The number of carbonyl (C=O) groups is 3. The fraction of sp³-hybridized carbons (Fsp3) is 0.360. The van der Waals surface area contributed by atoms with E-state index in [1.54, 1.807) is 22.4 Å². The fourth-order valence-electron chi connectivity index (χ4n) is 3.60. The maximum atomic E-state index is 12.9. The molecule has 1 aliphatic heterocycles. The molecule has 4 rings (SSSR count). The maximum absolute atomic E-state index is 12.9. The molecule has 1 aliphatic rings. The summed E-state index contributed by atoms with van der Waals surface area (Å²) < 4.78 is 11.5. The molecule has 2 amide bonds. The molecule has 1 saturated heterocycles. The molecule has 0 aliphatic carbocycles. The van der Waals surface area contributed by atoms with Crippen LogP contribution in [0.4, 0.5) is 5.13 Å². The third-order valence-corrected chi connectivity index (χ3v) is 6.29. The second-order valence-corrected chi connectivity index (χ2v) is 9.81. The molecule has 4 heterocycles. The number of hydrogen-bond donors (Lipinski definition) is 2. The molecule has 2 N–H and O–H groups in total. The van der Waals surface area contributed by atoms with Gasteiger partial charge in [-0.2, -0.15) is 4.98 Å². The van der Waals surface area contributed by atoms with E-state index in [9.17, 15) is 14.4 Å². The number of aliphatic carboxylic acids is 1. The number of nitrogens with one attached hydrogen (secondary N) is 1. The van der Waals surface area contributed by atoms with Gasteiger partial charge in [0.1, 0.15) is 0 Å². The van der Waals surface area contributed by atoms with Crippen LogP contribution >= 0.6 is 11.3 Å². The Kier molecular flexibility index (Phi) is 8.48. The van der Waals surface area contributed by atoms with Gasteiger partial charge in [0, 0.05) is 56.0 Å². The molecular weight excluding hydrogens is 512 g/mol. The van der Waals surface area contributed by atoms with E-state index in [1.807, 2.05) is 20.9 Å². The number of aromatic nitrogens is 3. The van der Waals surface area contributed by atoms with Gasteiger partial charge in [-0.15, -0.1) is 11.3 Å². The molecule has 3 aromatic rings. The van der Waals surface area contributed by atoms with Crippen LogP contribution in [0.1, 0.15) is 40.3 Å². The Morgan fingerprint density at radius 1 is 1.05 bits per heavy atom. The Labute approximate surface area is 223 Å². The molecule has 38 heavy (non-hydrogen) atoms. The Bertz CT molecular complexity index is 1300. The van der Waals surface area contributed by atoms with E-state index in [0.29, 0.717) is 24.3 Å². The first-order valence-corrected chi connectivity index (χ1v) is 12.8. The molecule has 0 saturated carbocycles. The predicted octanol–water partition coefficient (Wildman–Crippen LogP) is 2.78. The molecule has 0 unspecified atom stereocenters. The third kappa shape index (κ3) is 7.23. The van der Waals surface area contributed by atoms with Crippen LogP contribution in [0.15, 0.2) is 35.8 Å². The summed E-state index contributed by atoms with van der Waals surface area (Å²) in [7, 11) is 2.02. The van der Waals surface area contributed by atoms with Crippen LogP contribution in [0.3, 0.4) is 0 Å². The van der Waals surface area contributed by atoms with Crippen molar-refractivity contribution in [3.8, 4) is 17.6 Å². The van der Waals surface area contributed by atoms with Crippen LogP contribution in [0.2, 0.25) is 0 Å². The van der Waals surface area contributed by atoms with E-state index < -0.39 is 11.9 Å². The number of pyridine rings is 2. The zero-order chi connectivity index (χ0) is 27.2. The first-order chi connectivity index (χ1) is 18.2. The normalized spacial score (nSPS) is 13.8. The highest BCUT2D eigenvalue weighted by atomic mass is 32.1. The van der Waals surface area contributed by atoms with E-state index >= 15 is 0 Å². The van der Waals surface area contributed by atoms with Crippen LogP contribution in [0, 0.1) is 0 Å². The van der Waals surface area contributed by atoms with Gasteiger partial charge < -0.3 is 24.4 Å². The van der Waals surface area contributed by atoms with Gasteiger partial charge in [0.25, 0.3) is 11.8 Å². The first kappa shape index (κ1) is 26.9. The first-order valence-electron chi connectivity index (χ1n) is 11.9. The van der Waals surface area contributed by atoms with Crippen LogP contribution in [-0.2, 0) is 11.2 Å². The average Bonchev–Trinajstić information content (AvgIpc) is 3.29. The summed E-state index contributed by atoms with van der Waals surface area (Å²) >= 11 is 1.12. The van der Waals surface area contributed by atoms with Crippen molar-refractivity contribution in [2.24, 2.45) is 0 Å². The predicted molar refractivity (Wildman–Crippen MR) is 139 cm³/mol. The van der Waals surface area contributed by atoms with Crippen molar-refractivity contribution in [2.75, 3.05) is 38.5 Å². The van der Waals surface area contributed by atoms with Crippen molar-refractivity contribution in [3.63, 3.8) is 0 Å². The standard InChI is InChI=1S/C25H28N6O6S/c1-15(2)36-20-10-17(23(34)29-25-27-18(14-38-25)12-22(32)33)11-21(28-20)37-19-5-4-16(13-26-19)24(35)31-8-6-30(3)7-9-31/h4-5,10-11,13-15H,6-9,12H2,1-3H3,(H,32,33)(H,27,29,34). The minimum absolute atomic E-state index is 0.0737. The van der Waals surface area contributed by atoms with E-state index in [1.165, 1.54) is 18.3 Å². The Balaban J connectivity index is 1.48. The summed E-state index contributed by atoms with van der Waals surface area (Å²) in [6.07, 6.45) is 1.01. The smallest absolute Gasteiger partial charge is 0.309 e. The maximum Gasteiger partial charge on any atom is 0.309 e. The monoisotopic (exact) mass is 540 g/mol. The summed E-state index contributed by atoms with van der Waals surface area (Å²) in [5.74, 6) is -1.15. The van der Waals surface area contributed by atoms with Crippen molar-refractivity contribution in [2.45, 2.75) is 26.4 Å². The highest BCUT2D eigenvalue weighted by Crippen LogP contribution is 2.25. The number of piperazine rings is 1. The Morgan fingerprint density at radius 3 is 2.45 bits per heavy atom. The van der Waals surface area contributed by atoms with Crippen molar-refractivity contribution in [1.82, 2.24) is 24.8 Å². The quantitative estimate of drug-likeness (QED) is 0.415. The Morgan fingerprint density at radius 2 is 1.79 bits per heavy atom. The number of anilines is 1. The number of carboxylic acids is 1. The van der Waals surface area contributed by atoms with Gasteiger partial charge in [-0.3, -0.25) is 19.7 Å². The molecule has 0 bridgehead atoms. The van der Waals surface area contributed by atoms with E-state index in [-0.39, 0.29) is 46.8 Å². The van der Waals surface area contributed by atoms with Gasteiger partial charge >= 0.3 is 5.97 Å². The number of amides is 2. The highest BCUT2D eigenvalue weighted by Gasteiger charge is 2.21. The van der Waals surface area contributed by atoms with Crippen LogP contribution in [0.5, 0.6) is 17.6 Å². The van der Waals surface area contributed by atoms with Crippen molar-refractivity contribution >= 4 is 34.3 Å². The molecule has 200 valence electrons. The lowest BCUT2D eigenvalue weighted by molar-refractivity contribution is -0.136. The zero-order valence-corrected chi connectivity index (χ0v) is 22.0. The number of rotatable bonds is 9.